The summed E-state index contributed by atoms with van der Waals surface area (Å²) in [5.41, 5.74) is 12.0. The van der Waals surface area contributed by atoms with E-state index in [9.17, 15) is 9.59 Å². The van der Waals surface area contributed by atoms with Crippen LogP contribution in [0.25, 0.3) is 16.7 Å². The fraction of sp³-hybridized carbons (Fsp3) is 0.537. The van der Waals surface area contributed by atoms with Gasteiger partial charge in [0.05, 0.1) is 12.3 Å². The molecule has 0 spiro atoms. The van der Waals surface area contributed by atoms with Crippen molar-refractivity contribution in [1.82, 2.24) is 35.0 Å². The number of nitrogens with one attached hydrogen (secondary N) is 3. The SMILES string of the molecule is CC(C)(C)c1cc(C(=O)N2CCN(CCO)CC2)cc(N2CCNCC2)c1.CC(C)(C)c1cc2cn(-c3ccc(CNCCCN)cc3)c(=O)nc2[nH]1. The van der Waals surface area contributed by atoms with Gasteiger partial charge in [0.2, 0.25) is 0 Å². The predicted octanol–water partition coefficient (Wildman–Crippen LogP) is 3.59. The summed E-state index contributed by atoms with van der Waals surface area (Å²) in [4.78, 5) is 39.6. The lowest BCUT2D eigenvalue weighted by Crippen LogP contribution is -2.49. The van der Waals surface area contributed by atoms with Crippen molar-refractivity contribution in [3.63, 3.8) is 0 Å². The first-order valence-corrected chi connectivity index (χ1v) is 19.1. The van der Waals surface area contributed by atoms with Crippen LogP contribution < -0.4 is 27.0 Å². The Balaban J connectivity index is 0.000000204. The first-order chi connectivity index (χ1) is 25.3. The van der Waals surface area contributed by atoms with Crippen molar-refractivity contribution in [3.05, 3.63) is 87.6 Å². The second-order valence-electron chi connectivity index (χ2n) is 16.2. The average molecular weight is 728 g/mol. The number of nitrogens with zero attached hydrogens (tertiary/aromatic N) is 5. The number of amides is 1. The molecule has 0 radical (unpaired) electrons. The van der Waals surface area contributed by atoms with Gasteiger partial charge in [0, 0.05) is 99.4 Å². The van der Waals surface area contributed by atoms with Gasteiger partial charge in [-0.05, 0) is 72.5 Å². The van der Waals surface area contributed by atoms with Gasteiger partial charge in [-0.2, -0.15) is 4.98 Å². The highest BCUT2D eigenvalue weighted by molar-refractivity contribution is 5.95. The molecule has 6 rings (SSSR count). The molecule has 0 bridgehead atoms. The fourth-order valence-corrected chi connectivity index (χ4v) is 6.59. The molecule has 53 heavy (non-hydrogen) atoms. The lowest BCUT2D eigenvalue weighted by molar-refractivity contribution is 0.0615. The Labute approximate surface area is 314 Å². The van der Waals surface area contributed by atoms with E-state index >= 15 is 0 Å². The molecule has 2 aliphatic heterocycles. The summed E-state index contributed by atoms with van der Waals surface area (Å²) >= 11 is 0. The Kier molecular flexibility index (Phi) is 13.5. The van der Waals surface area contributed by atoms with Gasteiger partial charge in [-0.3, -0.25) is 14.3 Å². The minimum absolute atomic E-state index is 0.00109. The predicted molar refractivity (Wildman–Crippen MR) is 215 cm³/mol. The zero-order valence-corrected chi connectivity index (χ0v) is 32.7. The Morgan fingerprint density at radius 2 is 1.60 bits per heavy atom. The third-order valence-corrected chi connectivity index (χ3v) is 10.0. The Morgan fingerprint density at radius 1 is 0.906 bits per heavy atom. The Hall–Kier alpha value is -4.07. The maximum Gasteiger partial charge on any atom is 0.354 e. The zero-order chi connectivity index (χ0) is 38.2. The molecule has 6 N–H and O–H groups in total. The topological polar surface area (TPSA) is 148 Å². The summed E-state index contributed by atoms with van der Waals surface area (Å²) in [6.45, 7) is 23.3. The van der Waals surface area contributed by atoms with E-state index in [0.717, 1.165) is 99.9 Å². The minimum Gasteiger partial charge on any atom is -0.395 e. The van der Waals surface area contributed by atoms with Crippen LogP contribution in [0.15, 0.2) is 59.5 Å². The number of benzene rings is 2. The molecular weight excluding hydrogens is 667 g/mol. The van der Waals surface area contributed by atoms with Crippen LogP contribution in [0.4, 0.5) is 5.69 Å². The summed E-state index contributed by atoms with van der Waals surface area (Å²) in [6, 6.07) is 16.4. The van der Waals surface area contributed by atoms with Crippen molar-refractivity contribution in [2.75, 3.05) is 83.5 Å². The first-order valence-electron chi connectivity index (χ1n) is 19.1. The number of nitrogens with two attached hydrogens (primary N) is 1. The van der Waals surface area contributed by atoms with Crippen LogP contribution in [0, 0.1) is 0 Å². The number of aliphatic hydroxyl groups excluding tert-OH is 1. The molecule has 0 atom stereocenters. The maximum absolute atomic E-state index is 13.2. The maximum atomic E-state index is 13.2. The third-order valence-electron chi connectivity index (χ3n) is 10.0. The number of carbonyl (C=O) groups is 1. The minimum atomic E-state index is -0.284. The number of aliphatic hydroxyl groups is 1. The number of carbonyl (C=O) groups excluding carboxylic acids is 1. The van der Waals surface area contributed by atoms with E-state index in [1.807, 2.05) is 35.4 Å². The van der Waals surface area contributed by atoms with E-state index in [1.165, 1.54) is 11.1 Å². The van der Waals surface area contributed by atoms with Crippen molar-refractivity contribution >= 4 is 22.6 Å². The molecule has 4 aromatic rings. The second-order valence-corrected chi connectivity index (χ2v) is 16.2. The number of aromatic amines is 1. The highest BCUT2D eigenvalue weighted by atomic mass is 16.3. The molecule has 4 heterocycles. The van der Waals surface area contributed by atoms with Crippen molar-refractivity contribution in [3.8, 4) is 5.69 Å². The number of piperazine rings is 2. The number of hydrogen-bond donors (Lipinski definition) is 5. The summed E-state index contributed by atoms with van der Waals surface area (Å²) < 4.78 is 1.59. The van der Waals surface area contributed by atoms with Gasteiger partial charge in [-0.15, -0.1) is 0 Å². The molecule has 2 aliphatic rings. The number of fused-ring (bicyclic) bond motifs is 1. The molecule has 2 saturated heterocycles. The van der Waals surface area contributed by atoms with Gasteiger partial charge >= 0.3 is 5.69 Å². The van der Waals surface area contributed by atoms with Crippen LogP contribution in [0.5, 0.6) is 0 Å². The molecule has 288 valence electrons. The van der Waals surface area contributed by atoms with E-state index in [0.29, 0.717) is 18.7 Å². The van der Waals surface area contributed by atoms with E-state index < -0.39 is 0 Å². The van der Waals surface area contributed by atoms with Crippen molar-refractivity contribution < 1.29 is 9.90 Å². The molecule has 0 saturated carbocycles. The van der Waals surface area contributed by atoms with Crippen LogP contribution in [0.3, 0.4) is 0 Å². The van der Waals surface area contributed by atoms with Gasteiger partial charge in [-0.1, -0.05) is 53.7 Å². The molecule has 12 nitrogen and oxygen atoms in total. The largest absolute Gasteiger partial charge is 0.395 e. The fourth-order valence-electron chi connectivity index (χ4n) is 6.59. The van der Waals surface area contributed by atoms with Gasteiger partial charge in [0.25, 0.3) is 5.91 Å². The summed E-state index contributed by atoms with van der Waals surface area (Å²) in [6.07, 6.45) is 2.82. The van der Waals surface area contributed by atoms with Gasteiger partial charge < -0.3 is 36.3 Å². The number of anilines is 1. The van der Waals surface area contributed by atoms with Gasteiger partial charge in [0.1, 0.15) is 5.65 Å². The molecule has 2 aromatic carbocycles. The summed E-state index contributed by atoms with van der Waals surface area (Å²) in [7, 11) is 0. The quantitative estimate of drug-likeness (QED) is 0.155. The lowest BCUT2D eigenvalue weighted by atomic mass is 9.85. The number of H-pyrrole nitrogens is 1. The van der Waals surface area contributed by atoms with E-state index in [1.54, 1.807) is 4.57 Å². The first kappa shape index (κ1) is 40.1. The van der Waals surface area contributed by atoms with Gasteiger partial charge in [-0.25, -0.2) is 4.79 Å². The number of hydrogen-bond acceptors (Lipinski definition) is 9. The van der Waals surface area contributed by atoms with Crippen LogP contribution in [-0.4, -0.2) is 114 Å². The smallest absolute Gasteiger partial charge is 0.354 e. The normalized spacial score (nSPS) is 15.8. The highest BCUT2D eigenvalue weighted by Crippen LogP contribution is 2.30. The average Bonchev–Trinajstić information content (AvgIpc) is 3.57. The molecule has 0 aliphatic carbocycles. The Bertz CT molecular complexity index is 1840. The number of β-amino-alcohol motifs (C(OH)–C–C–N with tert-alkyl or cyclic N) is 1. The summed E-state index contributed by atoms with van der Waals surface area (Å²) in [5.74, 6) is 0.126. The van der Waals surface area contributed by atoms with Crippen molar-refractivity contribution in [1.29, 1.82) is 0 Å². The summed E-state index contributed by atoms with van der Waals surface area (Å²) in [5, 5.41) is 16.8. The molecule has 1 amide bonds. The molecule has 2 aromatic heterocycles. The van der Waals surface area contributed by atoms with Crippen LogP contribution in [0.2, 0.25) is 0 Å². The van der Waals surface area contributed by atoms with Gasteiger partial charge in [0.15, 0.2) is 0 Å². The van der Waals surface area contributed by atoms with E-state index in [-0.39, 0.29) is 29.0 Å². The molecule has 2 fully saturated rings. The van der Waals surface area contributed by atoms with Crippen LogP contribution >= 0.6 is 0 Å². The lowest BCUT2D eigenvalue weighted by Gasteiger charge is -2.35. The second kappa shape index (κ2) is 17.8. The third kappa shape index (κ3) is 10.8. The number of aromatic nitrogens is 3. The highest BCUT2D eigenvalue weighted by Gasteiger charge is 2.25. The van der Waals surface area contributed by atoms with Crippen molar-refractivity contribution in [2.45, 2.75) is 65.3 Å². The van der Waals surface area contributed by atoms with E-state index in [2.05, 4.69) is 96.2 Å². The monoisotopic (exact) mass is 727 g/mol. The van der Waals surface area contributed by atoms with Crippen LogP contribution in [0.1, 0.15) is 75.1 Å². The van der Waals surface area contributed by atoms with Crippen molar-refractivity contribution in [2.24, 2.45) is 5.73 Å². The zero-order valence-electron chi connectivity index (χ0n) is 32.7. The molecule has 12 heteroatoms. The molecular formula is C41H61N9O3. The van der Waals surface area contributed by atoms with E-state index in [4.69, 9.17) is 10.8 Å². The Morgan fingerprint density at radius 3 is 2.23 bits per heavy atom. The molecule has 0 unspecified atom stereocenters. The number of rotatable bonds is 10. The standard InChI is InChI=1S/C21H34N4O2.C20H27N5O/c1-21(2,3)18-14-17(15-19(16-18)24-6-4-22-5-7-24)20(27)25-10-8-23(9-11-25)12-13-26;1-20(2,3)17-11-15-13-25(19(26)24-18(15)23-17)16-7-5-14(6-8-16)12-22-10-4-9-21/h14-16,22,26H,4-13H2,1-3H3;5-8,11,13,22H,4,9-10,12,21H2,1-3H3,(H,23,24,26). The van der Waals surface area contributed by atoms with Crippen LogP contribution in [-0.2, 0) is 17.4 Å².